The minimum Gasteiger partial charge on any atom is -0.504 e. The second-order valence-electron chi connectivity index (χ2n) is 4.12. The van der Waals surface area contributed by atoms with E-state index in [2.05, 4.69) is 6.92 Å². The number of benzene rings is 1. The third kappa shape index (κ3) is 5.09. The Labute approximate surface area is 103 Å². The topological polar surface area (TPSA) is 38.7 Å². The van der Waals surface area contributed by atoms with Crippen molar-refractivity contribution in [3.63, 3.8) is 0 Å². The average molecular weight is 238 g/mol. The number of aromatic hydroxyl groups is 1. The van der Waals surface area contributed by atoms with E-state index in [1.165, 1.54) is 19.3 Å². The molecule has 1 N–H and O–H groups in total. The third-order valence-corrected chi connectivity index (χ3v) is 2.66. The maximum Gasteiger partial charge on any atom is 0.160 e. The molecule has 0 bridgehead atoms. The maximum absolute atomic E-state index is 9.44. The first-order chi connectivity index (χ1) is 8.27. The molecule has 3 heteroatoms. The first-order valence-electron chi connectivity index (χ1n) is 6.21. The van der Waals surface area contributed by atoms with E-state index in [4.69, 9.17) is 9.47 Å². The van der Waals surface area contributed by atoms with Crippen molar-refractivity contribution in [1.29, 1.82) is 0 Å². The predicted octanol–water partition coefficient (Wildman–Crippen LogP) is 3.50. The van der Waals surface area contributed by atoms with Gasteiger partial charge in [0, 0.05) is 6.61 Å². The van der Waals surface area contributed by atoms with E-state index in [1.807, 2.05) is 6.07 Å². The summed E-state index contributed by atoms with van der Waals surface area (Å²) in [5.41, 5.74) is 1.02. The summed E-state index contributed by atoms with van der Waals surface area (Å²) in [6.45, 7) is 3.57. The van der Waals surface area contributed by atoms with Crippen LogP contribution in [0.3, 0.4) is 0 Å². The van der Waals surface area contributed by atoms with Crippen molar-refractivity contribution in [2.45, 2.75) is 39.2 Å². The van der Waals surface area contributed by atoms with Crippen LogP contribution >= 0.6 is 0 Å². The molecule has 0 spiro atoms. The van der Waals surface area contributed by atoms with Gasteiger partial charge in [0.25, 0.3) is 0 Å². The summed E-state index contributed by atoms with van der Waals surface area (Å²) in [5.74, 6) is 0.663. The van der Waals surface area contributed by atoms with Crippen LogP contribution in [-0.4, -0.2) is 18.8 Å². The fraction of sp³-hybridized carbons (Fsp3) is 0.571. The van der Waals surface area contributed by atoms with Gasteiger partial charge in [-0.1, -0.05) is 32.3 Å². The lowest BCUT2D eigenvalue weighted by atomic mass is 10.2. The number of hydrogen-bond donors (Lipinski definition) is 1. The number of methoxy groups -OCH3 is 1. The monoisotopic (exact) mass is 238 g/mol. The number of rotatable bonds is 8. The van der Waals surface area contributed by atoms with Crippen LogP contribution < -0.4 is 4.74 Å². The van der Waals surface area contributed by atoms with E-state index in [0.29, 0.717) is 12.4 Å². The molecular formula is C14H22O3. The van der Waals surface area contributed by atoms with Crippen LogP contribution in [-0.2, 0) is 11.3 Å². The zero-order valence-electron chi connectivity index (χ0n) is 10.7. The second kappa shape index (κ2) is 7.96. The van der Waals surface area contributed by atoms with Crippen LogP contribution in [0.15, 0.2) is 18.2 Å². The molecule has 0 atom stereocenters. The fourth-order valence-corrected chi connectivity index (χ4v) is 1.63. The molecule has 1 aromatic carbocycles. The highest BCUT2D eigenvalue weighted by atomic mass is 16.5. The Morgan fingerprint density at radius 3 is 2.71 bits per heavy atom. The molecule has 0 unspecified atom stereocenters. The normalized spacial score (nSPS) is 10.5. The van der Waals surface area contributed by atoms with Gasteiger partial charge in [0.2, 0.25) is 0 Å². The average Bonchev–Trinajstić information content (AvgIpc) is 2.35. The summed E-state index contributed by atoms with van der Waals surface area (Å²) in [4.78, 5) is 0. The van der Waals surface area contributed by atoms with Crippen LogP contribution in [0.1, 0.15) is 38.2 Å². The summed E-state index contributed by atoms with van der Waals surface area (Å²) < 4.78 is 10.6. The van der Waals surface area contributed by atoms with E-state index in [1.54, 1.807) is 19.2 Å². The Hall–Kier alpha value is -1.22. The molecule has 0 radical (unpaired) electrons. The zero-order chi connectivity index (χ0) is 12.5. The number of phenols is 1. The molecule has 0 aliphatic rings. The van der Waals surface area contributed by atoms with Crippen LogP contribution in [0, 0.1) is 0 Å². The van der Waals surface area contributed by atoms with E-state index in [9.17, 15) is 5.11 Å². The van der Waals surface area contributed by atoms with Crippen LogP contribution in [0.2, 0.25) is 0 Å². The van der Waals surface area contributed by atoms with Gasteiger partial charge in [-0.15, -0.1) is 0 Å². The Kier molecular flexibility index (Phi) is 6.48. The minimum atomic E-state index is 0.166. The highest BCUT2D eigenvalue weighted by Gasteiger charge is 2.02. The molecule has 0 saturated carbocycles. The fourth-order valence-electron chi connectivity index (χ4n) is 1.63. The Balaban J connectivity index is 2.27. The van der Waals surface area contributed by atoms with Gasteiger partial charge >= 0.3 is 0 Å². The molecule has 3 nitrogen and oxygen atoms in total. The van der Waals surface area contributed by atoms with Crippen LogP contribution in [0.4, 0.5) is 0 Å². The molecule has 1 rings (SSSR count). The molecule has 0 aliphatic carbocycles. The lowest BCUT2D eigenvalue weighted by molar-refractivity contribution is 0.116. The van der Waals surface area contributed by atoms with Crippen molar-refractivity contribution in [3.05, 3.63) is 23.8 Å². The van der Waals surface area contributed by atoms with E-state index >= 15 is 0 Å². The molecule has 0 fully saturated rings. The third-order valence-electron chi connectivity index (χ3n) is 2.66. The van der Waals surface area contributed by atoms with E-state index in [0.717, 1.165) is 18.6 Å². The van der Waals surface area contributed by atoms with Crippen LogP contribution in [0.25, 0.3) is 0 Å². The number of phenolic OH excluding ortho intramolecular Hbond substituents is 1. The standard InChI is InChI=1S/C14H22O3/c1-3-4-5-6-9-17-11-12-7-8-13(15)14(10-12)16-2/h7-8,10,15H,3-6,9,11H2,1-2H3. The minimum absolute atomic E-state index is 0.166. The second-order valence-corrected chi connectivity index (χ2v) is 4.12. The molecule has 1 aromatic rings. The molecule has 0 amide bonds. The Bertz CT molecular complexity index is 323. The van der Waals surface area contributed by atoms with Gasteiger partial charge in [0.05, 0.1) is 13.7 Å². The van der Waals surface area contributed by atoms with Gasteiger partial charge in [0.15, 0.2) is 11.5 Å². The van der Waals surface area contributed by atoms with Crippen molar-refractivity contribution >= 4 is 0 Å². The zero-order valence-corrected chi connectivity index (χ0v) is 10.7. The van der Waals surface area contributed by atoms with Gasteiger partial charge in [0.1, 0.15) is 0 Å². The van der Waals surface area contributed by atoms with E-state index in [-0.39, 0.29) is 5.75 Å². The summed E-state index contributed by atoms with van der Waals surface area (Å²) in [6.07, 6.45) is 4.87. The van der Waals surface area contributed by atoms with Crippen molar-refractivity contribution in [2.75, 3.05) is 13.7 Å². The van der Waals surface area contributed by atoms with Crippen molar-refractivity contribution in [1.82, 2.24) is 0 Å². The van der Waals surface area contributed by atoms with E-state index < -0.39 is 0 Å². The molecule has 17 heavy (non-hydrogen) atoms. The van der Waals surface area contributed by atoms with Crippen molar-refractivity contribution in [3.8, 4) is 11.5 Å². The van der Waals surface area contributed by atoms with Gasteiger partial charge in [-0.3, -0.25) is 0 Å². The number of unbranched alkanes of at least 4 members (excludes halogenated alkanes) is 3. The van der Waals surface area contributed by atoms with Gasteiger partial charge in [-0.2, -0.15) is 0 Å². The SMILES string of the molecule is CCCCCCOCc1ccc(O)c(OC)c1. The smallest absolute Gasteiger partial charge is 0.160 e. The first-order valence-corrected chi connectivity index (χ1v) is 6.21. The Morgan fingerprint density at radius 1 is 1.18 bits per heavy atom. The summed E-state index contributed by atoms with van der Waals surface area (Å²) in [7, 11) is 1.55. The van der Waals surface area contributed by atoms with Crippen LogP contribution in [0.5, 0.6) is 11.5 Å². The quantitative estimate of drug-likeness (QED) is 0.704. The predicted molar refractivity (Wildman–Crippen MR) is 68.5 cm³/mol. The highest BCUT2D eigenvalue weighted by Crippen LogP contribution is 2.26. The molecule has 96 valence electrons. The lowest BCUT2D eigenvalue weighted by Gasteiger charge is -2.07. The Morgan fingerprint density at radius 2 is 2.00 bits per heavy atom. The van der Waals surface area contributed by atoms with Crippen molar-refractivity contribution < 1.29 is 14.6 Å². The molecule has 0 aromatic heterocycles. The molecule has 0 saturated heterocycles. The largest absolute Gasteiger partial charge is 0.504 e. The number of hydrogen-bond acceptors (Lipinski definition) is 3. The molecule has 0 aliphatic heterocycles. The summed E-state index contributed by atoms with van der Waals surface area (Å²) in [6, 6.07) is 5.29. The summed E-state index contributed by atoms with van der Waals surface area (Å²) >= 11 is 0. The summed E-state index contributed by atoms with van der Waals surface area (Å²) in [5, 5.41) is 9.44. The van der Waals surface area contributed by atoms with Crippen molar-refractivity contribution in [2.24, 2.45) is 0 Å². The molecule has 0 heterocycles. The van der Waals surface area contributed by atoms with Gasteiger partial charge in [-0.05, 0) is 24.1 Å². The van der Waals surface area contributed by atoms with Gasteiger partial charge < -0.3 is 14.6 Å². The highest BCUT2D eigenvalue weighted by molar-refractivity contribution is 5.41. The first kappa shape index (κ1) is 13.8. The maximum atomic E-state index is 9.44. The lowest BCUT2D eigenvalue weighted by Crippen LogP contribution is -1.96. The molecular weight excluding hydrogens is 216 g/mol. The van der Waals surface area contributed by atoms with Gasteiger partial charge in [-0.25, -0.2) is 0 Å². The number of ether oxygens (including phenoxy) is 2.